The molecule has 0 aliphatic heterocycles. The molecule has 0 radical (unpaired) electrons. The van der Waals surface area contributed by atoms with Gasteiger partial charge in [-0.1, -0.05) is 12.1 Å². The zero-order valence-corrected chi connectivity index (χ0v) is 14.3. The third kappa shape index (κ3) is 4.43. The molecule has 0 saturated heterocycles. The van der Waals surface area contributed by atoms with E-state index in [1.54, 1.807) is 31.4 Å². The number of carbonyl (C=O) groups is 1. The Labute approximate surface area is 153 Å². The highest BCUT2D eigenvalue weighted by Crippen LogP contribution is 2.30. The molecule has 0 fully saturated rings. The Hall–Kier alpha value is -3.36. The fourth-order valence-electron chi connectivity index (χ4n) is 2.39. The molecule has 1 aromatic carbocycles. The van der Waals surface area contributed by atoms with Crippen molar-refractivity contribution in [1.29, 1.82) is 0 Å². The molecule has 3 rings (SSSR count). The van der Waals surface area contributed by atoms with Gasteiger partial charge in [0.05, 0.1) is 17.4 Å². The van der Waals surface area contributed by atoms with Crippen molar-refractivity contribution in [2.24, 2.45) is 0 Å². The maximum absolute atomic E-state index is 12.8. The first kappa shape index (κ1) is 18.4. The Bertz CT molecular complexity index is 952. The van der Waals surface area contributed by atoms with Crippen LogP contribution in [0, 0.1) is 0 Å². The Morgan fingerprint density at radius 2 is 1.96 bits per heavy atom. The molecule has 2 N–H and O–H groups in total. The molecular weight excluding hydrogens is 359 g/mol. The van der Waals surface area contributed by atoms with Gasteiger partial charge in [-0.15, -0.1) is 0 Å². The van der Waals surface area contributed by atoms with Gasteiger partial charge in [0.25, 0.3) is 5.91 Å². The highest BCUT2D eigenvalue weighted by Gasteiger charge is 2.30. The summed E-state index contributed by atoms with van der Waals surface area (Å²) >= 11 is 0. The molecule has 3 aromatic rings. The molecule has 0 saturated carbocycles. The van der Waals surface area contributed by atoms with Gasteiger partial charge < -0.3 is 10.6 Å². The minimum atomic E-state index is -4.42. The van der Waals surface area contributed by atoms with Crippen LogP contribution in [-0.4, -0.2) is 27.7 Å². The molecule has 6 nitrogen and oxygen atoms in total. The largest absolute Gasteiger partial charge is 0.416 e. The third-order valence-electron chi connectivity index (χ3n) is 3.77. The minimum Gasteiger partial charge on any atom is -0.373 e. The van der Waals surface area contributed by atoms with Crippen molar-refractivity contribution in [2.75, 3.05) is 12.4 Å². The molecular formula is C18H16F3N5O. The highest BCUT2D eigenvalue weighted by atomic mass is 19.4. The van der Waals surface area contributed by atoms with E-state index in [0.29, 0.717) is 11.4 Å². The van der Waals surface area contributed by atoms with Gasteiger partial charge in [-0.3, -0.25) is 4.79 Å². The number of pyridine rings is 1. The second-order valence-corrected chi connectivity index (χ2v) is 5.68. The van der Waals surface area contributed by atoms with Gasteiger partial charge in [-0.2, -0.15) is 18.3 Å². The smallest absolute Gasteiger partial charge is 0.373 e. The average molecular weight is 375 g/mol. The number of benzene rings is 1. The molecule has 0 bridgehead atoms. The lowest BCUT2D eigenvalue weighted by molar-refractivity contribution is -0.137. The second-order valence-electron chi connectivity index (χ2n) is 5.68. The van der Waals surface area contributed by atoms with Gasteiger partial charge in [0.1, 0.15) is 11.5 Å². The van der Waals surface area contributed by atoms with Crippen LogP contribution in [0.3, 0.4) is 0 Å². The van der Waals surface area contributed by atoms with E-state index in [2.05, 4.69) is 20.7 Å². The first-order chi connectivity index (χ1) is 12.9. The number of nitrogens with zero attached hydrogens (tertiary/aromatic N) is 3. The number of aromatic nitrogens is 3. The lowest BCUT2D eigenvalue weighted by Crippen LogP contribution is -2.23. The molecule has 0 atom stereocenters. The summed E-state index contributed by atoms with van der Waals surface area (Å²) in [6.07, 6.45) is -1.37. The van der Waals surface area contributed by atoms with E-state index in [0.717, 1.165) is 12.1 Å². The monoisotopic (exact) mass is 375 g/mol. The topological polar surface area (TPSA) is 71.8 Å². The number of alkyl halides is 3. The Morgan fingerprint density at radius 1 is 1.19 bits per heavy atom. The maximum Gasteiger partial charge on any atom is 0.416 e. The van der Waals surface area contributed by atoms with Crippen LogP contribution in [-0.2, 0) is 12.7 Å². The maximum atomic E-state index is 12.8. The van der Waals surface area contributed by atoms with Gasteiger partial charge in [-0.25, -0.2) is 9.67 Å². The minimum absolute atomic E-state index is 0.170. The normalized spacial score (nSPS) is 11.3. The van der Waals surface area contributed by atoms with Gasteiger partial charge in [0, 0.05) is 25.4 Å². The molecule has 140 valence electrons. The highest BCUT2D eigenvalue weighted by molar-refractivity contribution is 5.92. The summed E-state index contributed by atoms with van der Waals surface area (Å²) < 4.78 is 39.8. The van der Waals surface area contributed by atoms with E-state index in [-0.39, 0.29) is 23.8 Å². The van der Waals surface area contributed by atoms with Gasteiger partial charge in [-0.05, 0) is 30.3 Å². The van der Waals surface area contributed by atoms with Crippen LogP contribution >= 0.6 is 0 Å². The quantitative estimate of drug-likeness (QED) is 0.718. The molecule has 1 amide bonds. The molecule has 0 unspecified atom stereocenters. The number of nitrogens with one attached hydrogen (secondary N) is 2. The van der Waals surface area contributed by atoms with E-state index in [1.807, 2.05) is 0 Å². The number of carbonyl (C=O) groups excluding carboxylic acids is 1. The molecule has 2 aromatic heterocycles. The third-order valence-corrected chi connectivity index (χ3v) is 3.77. The average Bonchev–Trinajstić information content (AvgIpc) is 3.14. The molecule has 27 heavy (non-hydrogen) atoms. The van der Waals surface area contributed by atoms with Crippen molar-refractivity contribution in [1.82, 2.24) is 20.1 Å². The number of halogens is 3. The zero-order valence-electron chi connectivity index (χ0n) is 14.3. The summed E-state index contributed by atoms with van der Waals surface area (Å²) in [6.45, 7) is 0.170. The van der Waals surface area contributed by atoms with E-state index < -0.39 is 11.7 Å². The lowest BCUT2D eigenvalue weighted by Gasteiger charge is -2.08. The molecule has 2 heterocycles. The van der Waals surface area contributed by atoms with Crippen molar-refractivity contribution in [3.05, 3.63) is 71.7 Å². The number of rotatable bonds is 5. The van der Waals surface area contributed by atoms with Crippen molar-refractivity contribution >= 4 is 11.7 Å². The molecule has 0 spiro atoms. The van der Waals surface area contributed by atoms with Crippen LogP contribution in [0.15, 0.2) is 54.9 Å². The van der Waals surface area contributed by atoms with Crippen molar-refractivity contribution in [2.45, 2.75) is 12.7 Å². The Balaban J connectivity index is 1.69. The van der Waals surface area contributed by atoms with Crippen molar-refractivity contribution in [3.63, 3.8) is 0 Å². The first-order valence-corrected chi connectivity index (χ1v) is 8.01. The van der Waals surface area contributed by atoms with Gasteiger partial charge in [0.2, 0.25) is 0 Å². The SMILES string of the molecule is CNc1cccc(C(=O)NCc2cnn(-c3cccc(C(F)(F)F)c3)c2)n1. The van der Waals surface area contributed by atoms with E-state index in [9.17, 15) is 18.0 Å². The molecule has 9 heteroatoms. The van der Waals surface area contributed by atoms with Crippen LogP contribution in [0.2, 0.25) is 0 Å². The number of anilines is 1. The van der Waals surface area contributed by atoms with Gasteiger partial charge in [0.15, 0.2) is 0 Å². The number of hydrogen-bond donors (Lipinski definition) is 2. The van der Waals surface area contributed by atoms with E-state index >= 15 is 0 Å². The van der Waals surface area contributed by atoms with Crippen molar-refractivity contribution < 1.29 is 18.0 Å². The van der Waals surface area contributed by atoms with Crippen LogP contribution in [0.1, 0.15) is 21.6 Å². The fourth-order valence-corrected chi connectivity index (χ4v) is 2.39. The van der Waals surface area contributed by atoms with Crippen molar-refractivity contribution in [3.8, 4) is 5.69 Å². The number of hydrogen-bond acceptors (Lipinski definition) is 4. The summed E-state index contributed by atoms with van der Waals surface area (Å²) in [5.74, 6) is 0.207. The van der Waals surface area contributed by atoms with Crippen LogP contribution < -0.4 is 10.6 Å². The summed E-state index contributed by atoms with van der Waals surface area (Å²) in [5, 5.41) is 9.61. The van der Waals surface area contributed by atoms with Crippen LogP contribution in [0.25, 0.3) is 5.69 Å². The molecule has 0 aliphatic rings. The summed E-state index contributed by atoms with van der Waals surface area (Å²) in [7, 11) is 1.70. The Morgan fingerprint density at radius 3 is 2.70 bits per heavy atom. The van der Waals surface area contributed by atoms with E-state index in [4.69, 9.17) is 0 Å². The summed E-state index contributed by atoms with van der Waals surface area (Å²) in [4.78, 5) is 16.3. The summed E-state index contributed by atoms with van der Waals surface area (Å²) in [6, 6.07) is 9.89. The molecule has 0 aliphatic carbocycles. The van der Waals surface area contributed by atoms with Crippen LogP contribution in [0.4, 0.5) is 19.0 Å². The van der Waals surface area contributed by atoms with Gasteiger partial charge >= 0.3 is 6.18 Å². The predicted molar refractivity (Wildman–Crippen MR) is 93.5 cm³/mol. The Kier molecular flexibility index (Phi) is 5.11. The predicted octanol–water partition coefficient (Wildman–Crippen LogP) is 3.26. The number of amides is 1. The zero-order chi connectivity index (χ0) is 19.4. The summed E-state index contributed by atoms with van der Waals surface area (Å²) in [5.41, 5.74) is 0.435. The standard InChI is InChI=1S/C18H16F3N5O/c1-22-16-7-3-6-15(25-16)17(27)23-9-12-10-24-26(11-12)14-5-2-4-13(8-14)18(19,20)21/h2-8,10-11H,9H2,1H3,(H,22,25)(H,23,27). The fraction of sp³-hybridized carbons (Fsp3) is 0.167. The first-order valence-electron chi connectivity index (χ1n) is 8.01. The lowest BCUT2D eigenvalue weighted by atomic mass is 10.2. The second kappa shape index (κ2) is 7.48. The van der Waals surface area contributed by atoms with E-state index in [1.165, 1.54) is 23.0 Å². The van der Waals surface area contributed by atoms with Crippen LogP contribution in [0.5, 0.6) is 0 Å².